The number of nitrogens with two attached hydrogens (primary N) is 1. The Bertz CT molecular complexity index is 434. The highest BCUT2D eigenvalue weighted by Crippen LogP contribution is 2.17. The number of rotatable bonds is 6. The Labute approximate surface area is 128 Å². The number of benzene rings is 1. The molecule has 0 fully saturated rings. The van der Waals surface area contributed by atoms with E-state index in [-0.39, 0.29) is 11.3 Å². The fraction of sp³-hybridized carbons (Fsp3) is 0.500. The lowest BCUT2D eigenvalue weighted by molar-refractivity contribution is -0.117. The summed E-state index contributed by atoms with van der Waals surface area (Å²) < 4.78 is 1.04. The highest BCUT2D eigenvalue weighted by atomic mass is 127. The number of carbonyl (C=O) groups excluding carboxylic acids is 1. The van der Waals surface area contributed by atoms with Crippen molar-refractivity contribution in [2.45, 2.75) is 13.8 Å². The molecule has 0 spiro atoms. The van der Waals surface area contributed by atoms with Gasteiger partial charge < -0.3 is 11.1 Å². The molecule has 0 aliphatic carbocycles. The minimum absolute atomic E-state index is 0.000521. The Morgan fingerprint density at radius 3 is 2.63 bits per heavy atom. The van der Waals surface area contributed by atoms with E-state index in [1.807, 2.05) is 36.2 Å². The predicted octanol–water partition coefficient (Wildman–Crippen LogP) is 2.15. The van der Waals surface area contributed by atoms with E-state index in [4.69, 9.17) is 5.73 Å². The van der Waals surface area contributed by atoms with Crippen molar-refractivity contribution in [3.8, 4) is 0 Å². The van der Waals surface area contributed by atoms with Gasteiger partial charge in [-0.15, -0.1) is 0 Å². The SMILES string of the molecule is CN(CC(=O)Nc1ccccc1I)CC(C)(C)CN. The molecule has 19 heavy (non-hydrogen) atoms. The maximum Gasteiger partial charge on any atom is 0.238 e. The topological polar surface area (TPSA) is 58.4 Å². The molecule has 0 saturated carbocycles. The van der Waals surface area contributed by atoms with Gasteiger partial charge in [-0.3, -0.25) is 9.69 Å². The van der Waals surface area contributed by atoms with E-state index in [0.717, 1.165) is 15.8 Å². The van der Waals surface area contributed by atoms with Gasteiger partial charge >= 0.3 is 0 Å². The molecule has 0 aromatic heterocycles. The van der Waals surface area contributed by atoms with E-state index in [1.165, 1.54) is 0 Å². The van der Waals surface area contributed by atoms with Crippen LogP contribution < -0.4 is 11.1 Å². The lowest BCUT2D eigenvalue weighted by Crippen LogP contribution is -2.40. The highest BCUT2D eigenvalue weighted by molar-refractivity contribution is 14.1. The summed E-state index contributed by atoms with van der Waals surface area (Å²) in [5, 5.41) is 2.93. The van der Waals surface area contributed by atoms with E-state index >= 15 is 0 Å². The van der Waals surface area contributed by atoms with E-state index in [0.29, 0.717) is 13.1 Å². The van der Waals surface area contributed by atoms with E-state index < -0.39 is 0 Å². The average molecular weight is 375 g/mol. The quantitative estimate of drug-likeness (QED) is 0.750. The summed E-state index contributed by atoms with van der Waals surface area (Å²) >= 11 is 2.21. The van der Waals surface area contributed by atoms with Gasteiger partial charge in [-0.05, 0) is 53.7 Å². The third kappa shape index (κ3) is 5.88. The monoisotopic (exact) mass is 375 g/mol. The standard InChI is InChI=1S/C14H22IN3O/c1-14(2,9-16)10-18(3)8-13(19)17-12-7-5-4-6-11(12)15/h4-7H,8-10,16H2,1-3H3,(H,17,19). The van der Waals surface area contributed by atoms with Crippen molar-refractivity contribution in [3.63, 3.8) is 0 Å². The second-order valence-electron chi connectivity index (χ2n) is 5.57. The minimum Gasteiger partial charge on any atom is -0.330 e. The third-order valence-corrected chi connectivity index (χ3v) is 3.75. The summed E-state index contributed by atoms with van der Waals surface area (Å²) in [4.78, 5) is 14.0. The zero-order chi connectivity index (χ0) is 14.5. The van der Waals surface area contributed by atoms with Crippen molar-refractivity contribution in [2.24, 2.45) is 11.1 Å². The summed E-state index contributed by atoms with van der Waals surface area (Å²) in [6, 6.07) is 7.74. The lowest BCUT2D eigenvalue weighted by Gasteiger charge is -2.28. The predicted molar refractivity (Wildman–Crippen MR) is 88.1 cm³/mol. The van der Waals surface area contributed by atoms with Crippen LogP contribution in [0.15, 0.2) is 24.3 Å². The first-order valence-electron chi connectivity index (χ1n) is 6.27. The van der Waals surface area contributed by atoms with E-state index in [1.54, 1.807) is 0 Å². The summed E-state index contributed by atoms with van der Waals surface area (Å²) in [6.07, 6.45) is 0. The van der Waals surface area contributed by atoms with Gasteiger partial charge in [0.05, 0.1) is 12.2 Å². The van der Waals surface area contributed by atoms with Crippen molar-refractivity contribution >= 4 is 34.2 Å². The molecule has 0 saturated heterocycles. The molecule has 0 aliphatic rings. The van der Waals surface area contributed by atoms with Crippen LogP contribution >= 0.6 is 22.6 Å². The van der Waals surface area contributed by atoms with Gasteiger partial charge in [0.2, 0.25) is 5.91 Å². The van der Waals surface area contributed by atoms with Crippen LogP contribution in [0.1, 0.15) is 13.8 Å². The minimum atomic E-state index is -0.000521. The van der Waals surface area contributed by atoms with E-state index in [9.17, 15) is 4.79 Å². The summed E-state index contributed by atoms with van der Waals surface area (Å²) in [6.45, 7) is 5.97. The molecular formula is C14H22IN3O. The van der Waals surface area contributed by atoms with Gasteiger partial charge in [-0.2, -0.15) is 0 Å². The fourth-order valence-electron chi connectivity index (χ4n) is 1.85. The number of para-hydroxylation sites is 1. The Kier molecular flexibility index (Phi) is 6.22. The molecule has 5 heteroatoms. The number of hydrogen-bond donors (Lipinski definition) is 2. The molecular weight excluding hydrogens is 353 g/mol. The van der Waals surface area contributed by atoms with Gasteiger partial charge in [-0.1, -0.05) is 26.0 Å². The maximum atomic E-state index is 12.0. The highest BCUT2D eigenvalue weighted by Gasteiger charge is 2.19. The van der Waals surface area contributed by atoms with Gasteiger partial charge in [0.15, 0.2) is 0 Å². The Balaban J connectivity index is 2.50. The van der Waals surface area contributed by atoms with Gasteiger partial charge in [0.1, 0.15) is 0 Å². The first-order valence-corrected chi connectivity index (χ1v) is 7.35. The molecule has 1 amide bonds. The largest absolute Gasteiger partial charge is 0.330 e. The Hall–Kier alpha value is -0.660. The number of likely N-dealkylation sites (N-methyl/N-ethyl adjacent to an activating group) is 1. The van der Waals surface area contributed by atoms with Crippen molar-refractivity contribution < 1.29 is 4.79 Å². The molecule has 0 aliphatic heterocycles. The molecule has 1 rings (SSSR count). The van der Waals surface area contributed by atoms with Crippen molar-refractivity contribution in [1.29, 1.82) is 0 Å². The second kappa shape index (κ2) is 7.21. The Morgan fingerprint density at radius 2 is 2.05 bits per heavy atom. The molecule has 0 unspecified atom stereocenters. The second-order valence-corrected chi connectivity index (χ2v) is 6.73. The number of carbonyl (C=O) groups is 1. The van der Waals surface area contributed by atoms with Crippen LogP contribution in [-0.2, 0) is 4.79 Å². The van der Waals surface area contributed by atoms with Crippen molar-refractivity contribution in [3.05, 3.63) is 27.8 Å². The van der Waals surface area contributed by atoms with Gasteiger partial charge in [0, 0.05) is 10.1 Å². The van der Waals surface area contributed by atoms with Crippen LogP contribution in [0.3, 0.4) is 0 Å². The molecule has 0 bridgehead atoms. The number of nitrogens with one attached hydrogen (secondary N) is 1. The normalized spacial score (nSPS) is 11.7. The summed E-state index contributed by atoms with van der Waals surface area (Å²) in [5.74, 6) is -0.000521. The lowest BCUT2D eigenvalue weighted by atomic mass is 9.93. The van der Waals surface area contributed by atoms with Crippen LogP contribution in [0.25, 0.3) is 0 Å². The van der Waals surface area contributed by atoms with Crippen LogP contribution in [0.5, 0.6) is 0 Å². The molecule has 0 atom stereocenters. The summed E-state index contributed by atoms with van der Waals surface area (Å²) in [7, 11) is 1.94. The molecule has 1 aromatic carbocycles. The molecule has 1 aromatic rings. The van der Waals surface area contributed by atoms with Crippen LogP contribution in [0, 0.1) is 8.99 Å². The van der Waals surface area contributed by atoms with Crippen LogP contribution in [-0.4, -0.2) is 37.5 Å². The molecule has 106 valence electrons. The number of amides is 1. The average Bonchev–Trinajstić information content (AvgIpc) is 2.31. The molecule has 3 N–H and O–H groups in total. The van der Waals surface area contributed by atoms with Crippen LogP contribution in [0.4, 0.5) is 5.69 Å². The van der Waals surface area contributed by atoms with E-state index in [2.05, 4.69) is 41.8 Å². The molecule has 4 nitrogen and oxygen atoms in total. The first kappa shape index (κ1) is 16.4. The number of anilines is 1. The first-order chi connectivity index (χ1) is 8.84. The van der Waals surface area contributed by atoms with Crippen LogP contribution in [0.2, 0.25) is 0 Å². The number of halogens is 1. The van der Waals surface area contributed by atoms with Crippen molar-refractivity contribution in [1.82, 2.24) is 4.90 Å². The van der Waals surface area contributed by atoms with Gasteiger partial charge in [0.25, 0.3) is 0 Å². The van der Waals surface area contributed by atoms with Gasteiger partial charge in [-0.25, -0.2) is 0 Å². The maximum absolute atomic E-state index is 12.0. The zero-order valence-electron chi connectivity index (χ0n) is 11.7. The summed E-state index contributed by atoms with van der Waals surface area (Å²) in [5.41, 5.74) is 6.59. The third-order valence-electron chi connectivity index (χ3n) is 2.81. The Morgan fingerprint density at radius 1 is 1.42 bits per heavy atom. The molecule has 0 radical (unpaired) electrons. The number of hydrogen-bond acceptors (Lipinski definition) is 3. The smallest absolute Gasteiger partial charge is 0.238 e. The number of nitrogens with zero attached hydrogens (tertiary/aromatic N) is 1. The zero-order valence-corrected chi connectivity index (χ0v) is 13.9. The molecule has 0 heterocycles. The van der Waals surface area contributed by atoms with Crippen molar-refractivity contribution in [2.75, 3.05) is 32.0 Å². The fourth-order valence-corrected chi connectivity index (χ4v) is 2.37.